The number of carbonyl (C=O) groups is 2. The van der Waals surface area contributed by atoms with Crippen molar-refractivity contribution in [1.29, 1.82) is 0 Å². The van der Waals surface area contributed by atoms with Crippen molar-refractivity contribution >= 4 is 11.9 Å². The Labute approximate surface area is 518 Å². The van der Waals surface area contributed by atoms with Gasteiger partial charge in [0.15, 0.2) is 12.4 Å². The van der Waals surface area contributed by atoms with Crippen molar-refractivity contribution in [3.63, 3.8) is 0 Å². The highest BCUT2D eigenvalue weighted by Gasteiger charge is 2.47. The van der Waals surface area contributed by atoms with E-state index < -0.39 is 67.4 Å². The summed E-state index contributed by atoms with van der Waals surface area (Å²) in [5.74, 6) is -1.24. The first kappa shape index (κ1) is 78.8. The van der Waals surface area contributed by atoms with E-state index in [0.29, 0.717) is 12.8 Å². The molecule has 1 fully saturated rings. The maximum Gasteiger partial charge on any atom is 0.306 e. The van der Waals surface area contributed by atoms with Gasteiger partial charge in [-0.15, -0.1) is 0 Å². The fourth-order valence-electron chi connectivity index (χ4n) is 9.76. The van der Waals surface area contributed by atoms with Gasteiger partial charge in [0.25, 0.3) is 0 Å². The van der Waals surface area contributed by atoms with Crippen molar-refractivity contribution in [1.82, 2.24) is 5.32 Å². The Bertz CT molecular complexity index is 1890. The number of hydrogen-bond donors (Lipinski definition) is 6. The van der Waals surface area contributed by atoms with E-state index in [0.717, 1.165) is 135 Å². The van der Waals surface area contributed by atoms with Crippen LogP contribution >= 0.6 is 0 Å². The number of rotatable bonds is 56. The van der Waals surface area contributed by atoms with Crippen LogP contribution in [0.2, 0.25) is 0 Å². The van der Waals surface area contributed by atoms with E-state index in [1.165, 1.54) is 77.0 Å². The van der Waals surface area contributed by atoms with Crippen molar-refractivity contribution in [3.05, 3.63) is 134 Å². The van der Waals surface area contributed by atoms with Crippen LogP contribution in [0.15, 0.2) is 134 Å². The van der Waals surface area contributed by atoms with Crippen LogP contribution in [-0.2, 0) is 23.8 Å². The van der Waals surface area contributed by atoms with Crippen LogP contribution in [0.5, 0.6) is 0 Å². The van der Waals surface area contributed by atoms with Crippen molar-refractivity contribution in [2.24, 2.45) is 0 Å². The summed E-state index contributed by atoms with van der Waals surface area (Å²) in [5, 5.41) is 57.1. The van der Waals surface area contributed by atoms with Crippen molar-refractivity contribution in [2.75, 3.05) is 13.2 Å². The minimum absolute atomic E-state index is 0.104. The lowest BCUT2D eigenvalue weighted by Crippen LogP contribution is -2.61. The standard InChI is InChI=1S/C74H123NO10/c1-4-7-10-13-16-19-22-25-27-29-31-32-33-34-35-36-37-39-41-44-47-50-53-56-59-62-69(79)85-72-71(81)70(80)68(63-76)84-74(72)83-64-65(66(77)60-57-54-51-48-45-42-24-21-18-15-12-9-6-3)75-73(82)67(78)61-58-55-52-49-46-43-40-38-30-28-26-23-20-17-14-11-8-5-2/h7-8,10-11,16-17,19-20,25-28,31-32,34-35,38,40,46,49,57,60,65-68,70-72,74,76-78,80-81H,4-6,9,12-15,18,21-24,29-30,33,36-37,39,41-45,47-48,50-56,58-59,61-64H2,1-3H3,(H,75,82)/b10-7-,11-8-,19-16-,20-17-,27-25-,28-26-,32-31-,35-34-,40-38-,49-46-,60-57+. The van der Waals surface area contributed by atoms with Gasteiger partial charge in [-0.05, 0) is 116 Å². The molecule has 1 rings (SSSR count). The highest BCUT2D eigenvalue weighted by molar-refractivity contribution is 5.80. The fourth-order valence-corrected chi connectivity index (χ4v) is 9.76. The van der Waals surface area contributed by atoms with Gasteiger partial charge in [0.2, 0.25) is 5.91 Å². The number of ether oxygens (including phenoxy) is 3. The monoisotopic (exact) mass is 1190 g/mol. The maximum atomic E-state index is 13.5. The molecular formula is C74H123NO10. The largest absolute Gasteiger partial charge is 0.454 e. The van der Waals surface area contributed by atoms with Crippen molar-refractivity contribution in [3.8, 4) is 0 Å². The van der Waals surface area contributed by atoms with E-state index >= 15 is 0 Å². The second-order valence-corrected chi connectivity index (χ2v) is 22.8. The highest BCUT2D eigenvalue weighted by Crippen LogP contribution is 2.26. The Morgan fingerprint density at radius 3 is 1.27 bits per heavy atom. The lowest BCUT2D eigenvalue weighted by atomic mass is 9.99. The molecule has 0 saturated carbocycles. The molecule has 1 aliphatic heterocycles. The highest BCUT2D eigenvalue weighted by atomic mass is 16.7. The normalized spacial score (nSPS) is 19.3. The quantitative estimate of drug-likeness (QED) is 0.0195. The van der Waals surface area contributed by atoms with Gasteiger partial charge in [-0.2, -0.15) is 0 Å². The number of aliphatic hydroxyl groups excluding tert-OH is 5. The number of unbranched alkanes of at least 4 members (excludes halogenated alkanes) is 22. The predicted molar refractivity (Wildman–Crippen MR) is 356 cm³/mol. The zero-order chi connectivity index (χ0) is 61.7. The zero-order valence-corrected chi connectivity index (χ0v) is 53.7. The predicted octanol–water partition coefficient (Wildman–Crippen LogP) is 17.2. The van der Waals surface area contributed by atoms with Gasteiger partial charge in [0.1, 0.15) is 24.4 Å². The lowest BCUT2D eigenvalue weighted by molar-refractivity contribution is -0.305. The fraction of sp³-hybridized carbons (Fsp3) is 0.676. The molecule has 0 bridgehead atoms. The van der Waals surface area contributed by atoms with Crippen LogP contribution < -0.4 is 5.32 Å². The van der Waals surface area contributed by atoms with Crippen LogP contribution in [-0.4, -0.2) is 99.6 Å². The Morgan fingerprint density at radius 2 is 0.847 bits per heavy atom. The number of allylic oxidation sites excluding steroid dienone is 21. The van der Waals surface area contributed by atoms with Gasteiger partial charge in [-0.3, -0.25) is 9.59 Å². The van der Waals surface area contributed by atoms with E-state index in [2.05, 4.69) is 148 Å². The van der Waals surface area contributed by atoms with Crippen LogP contribution in [0.4, 0.5) is 0 Å². The van der Waals surface area contributed by atoms with Crippen LogP contribution in [0, 0.1) is 0 Å². The Morgan fingerprint density at radius 1 is 0.471 bits per heavy atom. The summed E-state index contributed by atoms with van der Waals surface area (Å²) in [6.45, 7) is 5.54. The average molecular weight is 1190 g/mol. The van der Waals surface area contributed by atoms with Crippen molar-refractivity contribution < 1.29 is 49.3 Å². The lowest BCUT2D eigenvalue weighted by Gasteiger charge is -2.41. The molecule has 11 nitrogen and oxygen atoms in total. The molecule has 85 heavy (non-hydrogen) atoms. The Balaban J connectivity index is 2.65. The van der Waals surface area contributed by atoms with Gasteiger partial charge in [0, 0.05) is 6.42 Å². The summed E-state index contributed by atoms with van der Waals surface area (Å²) in [6.07, 6.45) is 74.8. The zero-order valence-electron chi connectivity index (χ0n) is 53.7. The second kappa shape index (κ2) is 60.1. The first-order valence-corrected chi connectivity index (χ1v) is 34.0. The summed E-state index contributed by atoms with van der Waals surface area (Å²) < 4.78 is 17.7. The molecule has 6 N–H and O–H groups in total. The number of aliphatic hydroxyl groups is 5. The number of hydrogen-bond acceptors (Lipinski definition) is 10. The minimum atomic E-state index is -1.63. The number of nitrogens with one attached hydrogen (secondary N) is 1. The first-order chi connectivity index (χ1) is 41.7. The van der Waals surface area contributed by atoms with Gasteiger partial charge < -0.3 is 45.1 Å². The molecule has 0 aromatic carbocycles. The van der Waals surface area contributed by atoms with Gasteiger partial charge in [-0.1, -0.05) is 270 Å². The molecular weight excluding hydrogens is 1060 g/mol. The molecule has 484 valence electrons. The van der Waals surface area contributed by atoms with Crippen LogP contribution in [0.3, 0.4) is 0 Å². The minimum Gasteiger partial charge on any atom is -0.454 e. The molecule has 8 unspecified atom stereocenters. The third-order valence-corrected chi connectivity index (χ3v) is 15.0. The second-order valence-electron chi connectivity index (χ2n) is 22.8. The van der Waals surface area contributed by atoms with E-state index in [4.69, 9.17) is 14.2 Å². The summed E-state index contributed by atoms with van der Waals surface area (Å²) >= 11 is 0. The Kier molecular flexibility index (Phi) is 55.7. The van der Waals surface area contributed by atoms with Gasteiger partial charge >= 0.3 is 5.97 Å². The SMILES string of the molecule is CC/C=C\C/C=C\C/C=C\C/C=C\C/C=C\CCCCCCCCCCCC(=O)OC1C(OCC(NC(=O)C(O)CCCC/C=C\C/C=C\C/C=C\C/C=C\C/C=C\CC)C(O)/C=C/CCCCCCCCCCCCC)OC(CO)C(O)C1O. The topological polar surface area (TPSA) is 175 Å². The molecule has 0 spiro atoms. The third-order valence-electron chi connectivity index (χ3n) is 15.0. The van der Waals surface area contributed by atoms with Crippen molar-refractivity contribution in [2.45, 2.75) is 307 Å². The molecule has 1 amide bonds. The van der Waals surface area contributed by atoms with E-state index in [-0.39, 0.29) is 19.4 Å². The Hall–Kier alpha value is -4.20. The summed E-state index contributed by atoms with van der Waals surface area (Å²) in [7, 11) is 0. The number of esters is 1. The number of amides is 1. The number of carbonyl (C=O) groups excluding carboxylic acids is 2. The summed E-state index contributed by atoms with van der Waals surface area (Å²) in [6, 6.07) is -1.05. The smallest absolute Gasteiger partial charge is 0.306 e. The molecule has 0 aromatic heterocycles. The molecule has 0 radical (unpaired) electrons. The van der Waals surface area contributed by atoms with Crippen LogP contribution in [0.1, 0.15) is 258 Å². The van der Waals surface area contributed by atoms with E-state index in [1.54, 1.807) is 6.08 Å². The summed E-state index contributed by atoms with van der Waals surface area (Å²) in [5.41, 5.74) is 0. The van der Waals surface area contributed by atoms with Crippen LogP contribution in [0.25, 0.3) is 0 Å². The molecule has 0 aliphatic carbocycles. The molecule has 11 heteroatoms. The van der Waals surface area contributed by atoms with Gasteiger partial charge in [0.05, 0.1) is 25.4 Å². The molecule has 1 heterocycles. The van der Waals surface area contributed by atoms with E-state index in [1.807, 2.05) is 6.08 Å². The summed E-state index contributed by atoms with van der Waals surface area (Å²) in [4.78, 5) is 26.6. The molecule has 8 atom stereocenters. The molecule has 0 aromatic rings. The van der Waals surface area contributed by atoms with Gasteiger partial charge in [-0.25, -0.2) is 0 Å². The third kappa shape index (κ3) is 47.5. The average Bonchev–Trinajstić information content (AvgIpc) is 3.34. The first-order valence-electron chi connectivity index (χ1n) is 34.0. The molecule has 1 aliphatic rings. The van der Waals surface area contributed by atoms with E-state index in [9.17, 15) is 35.1 Å². The molecule has 1 saturated heterocycles. The maximum absolute atomic E-state index is 13.5.